The van der Waals surface area contributed by atoms with E-state index in [9.17, 15) is 4.79 Å². The van der Waals surface area contributed by atoms with E-state index in [1.807, 2.05) is 0 Å². The first-order valence-electron chi connectivity index (χ1n) is 20.9. The van der Waals surface area contributed by atoms with E-state index in [0.29, 0.717) is 6.42 Å². The Labute approximate surface area is 279 Å². The SMILES string of the molecule is CCCCCCCCCCCCCCCCCCCCCCCCCCCCCCCCCCCCCCCCC(=O)OC. The number of ether oxygens (including phenoxy) is 1. The highest BCUT2D eigenvalue weighted by Crippen LogP contribution is 2.17. The molecule has 2 nitrogen and oxygen atoms in total. The molecule has 44 heavy (non-hydrogen) atoms. The van der Waals surface area contributed by atoms with Crippen LogP contribution in [0.4, 0.5) is 0 Å². The van der Waals surface area contributed by atoms with Crippen LogP contribution >= 0.6 is 0 Å². The summed E-state index contributed by atoms with van der Waals surface area (Å²) in [5.41, 5.74) is 0. The molecule has 0 rings (SSSR count). The molecule has 0 aliphatic carbocycles. The molecule has 0 aromatic rings. The topological polar surface area (TPSA) is 26.3 Å². The van der Waals surface area contributed by atoms with Crippen molar-refractivity contribution >= 4 is 5.97 Å². The van der Waals surface area contributed by atoms with Gasteiger partial charge in [-0.1, -0.05) is 244 Å². The molecule has 0 heterocycles. The van der Waals surface area contributed by atoms with Crippen LogP contribution in [0.5, 0.6) is 0 Å². The molecule has 0 atom stereocenters. The Morgan fingerprint density at radius 3 is 0.614 bits per heavy atom. The van der Waals surface area contributed by atoms with Gasteiger partial charge in [0.15, 0.2) is 0 Å². The average molecular weight is 621 g/mol. The summed E-state index contributed by atoms with van der Waals surface area (Å²) in [6, 6.07) is 0. The lowest BCUT2D eigenvalue weighted by molar-refractivity contribution is -0.140. The molecule has 0 spiro atoms. The summed E-state index contributed by atoms with van der Waals surface area (Å²) in [4.78, 5) is 11.1. The van der Waals surface area contributed by atoms with E-state index in [1.165, 1.54) is 245 Å². The summed E-state index contributed by atoms with van der Waals surface area (Å²) in [5, 5.41) is 0. The highest BCUT2D eigenvalue weighted by Gasteiger charge is 2.00. The minimum absolute atomic E-state index is 0.0589. The van der Waals surface area contributed by atoms with Crippen LogP contribution in [0.15, 0.2) is 0 Å². The van der Waals surface area contributed by atoms with Crippen LogP contribution in [0.2, 0.25) is 0 Å². The fourth-order valence-electron chi connectivity index (χ4n) is 6.81. The van der Waals surface area contributed by atoms with Gasteiger partial charge < -0.3 is 4.74 Å². The van der Waals surface area contributed by atoms with E-state index in [2.05, 4.69) is 11.7 Å². The molecule has 0 aliphatic heterocycles. The minimum atomic E-state index is -0.0589. The van der Waals surface area contributed by atoms with E-state index in [1.54, 1.807) is 0 Å². The van der Waals surface area contributed by atoms with E-state index in [-0.39, 0.29) is 5.97 Å². The summed E-state index contributed by atoms with van der Waals surface area (Å²) in [6.07, 6.45) is 55.2. The third-order valence-corrected chi connectivity index (χ3v) is 9.96. The van der Waals surface area contributed by atoms with Crippen molar-refractivity contribution in [3.05, 3.63) is 0 Å². The zero-order chi connectivity index (χ0) is 31.9. The Morgan fingerprint density at radius 1 is 0.295 bits per heavy atom. The van der Waals surface area contributed by atoms with Crippen molar-refractivity contribution in [3.8, 4) is 0 Å². The van der Waals surface area contributed by atoms with Crippen LogP contribution in [0, 0.1) is 0 Å². The molecule has 2 heteroatoms. The number of unbranched alkanes of at least 4 members (excludes halogenated alkanes) is 37. The number of hydrogen-bond acceptors (Lipinski definition) is 2. The zero-order valence-electron chi connectivity index (χ0n) is 30.9. The van der Waals surface area contributed by atoms with Gasteiger partial charge in [0.05, 0.1) is 7.11 Å². The van der Waals surface area contributed by atoms with Gasteiger partial charge in [-0.15, -0.1) is 0 Å². The van der Waals surface area contributed by atoms with Gasteiger partial charge in [-0.3, -0.25) is 4.79 Å². The van der Waals surface area contributed by atoms with Crippen LogP contribution < -0.4 is 0 Å². The molecule has 0 aliphatic rings. The average Bonchev–Trinajstić information content (AvgIpc) is 3.04. The Balaban J connectivity index is 3.04. The lowest BCUT2D eigenvalue weighted by atomic mass is 10.0. The van der Waals surface area contributed by atoms with Gasteiger partial charge in [0.2, 0.25) is 0 Å². The largest absolute Gasteiger partial charge is 0.469 e. The second-order valence-corrected chi connectivity index (χ2v) is 14.4. The standard InChI is InChI=1S/C42H84O2/c1-3-4-5-6-7-8-9-10-11-12-13-14-15-16-17-18-19-20-21-22-23-24-25-26-27-28-29-30-31-32-33-34-35-36-37-38-39-40-41-42(43)44-2/h3-41H2,1-2H3. The number of hydrogen-bond donors (Lipinski definition) is 0. The molecule has 0 aromatic carbocycles. The zero-order valence-corrected chi connectivity index (χ0v) is 30.9. The van der Waals surface area contributed by atoms with Gasteiger partial charge in [0.25, 0.3) is 0 Å². The molecule has 0 amide bonds. The molecule has 0 aromatic heterocycles. The fourth-order valence-corrected chi connectivity index (χ4v) is 6.81. The molecule has 0 saturated carbocycles. The van der Waals surface area contributed by atoms with Crippen molar-refractivity contribution in [1.82, 2.24) is 0 Å². The molecular weight excluding hydrogens is 536 g/mol. The second-order valence-electron chi connectivity index (χ2n) is 14.4. The third-order valence-electron chi connectivity index (χ3n) is 9.96. The summed E-state index contributed by atoms with van der Waals surface area (Å²) in [7, 11) is 1.48. The number of rotatable bonds is 39. The minimum Gasteiger partial charge on any atom is -0.469 e. The summed E-state index contributed by atoms with van der Waals surface area (Å²) in [5.74, 6) is -0.0589. The molecule has 0 radical (unpaired) electrons. The van der Waals surface area contributed by atoms with Gasteiger partial charge >= 0.3 is 5.97 Å². The van der Waals surface area contributed by atoms with E-state index >= 15 is 0 Å². The normalized spacial score (nSPS) is 11.4. The first-order chi connectivity index (χ1) is 21.8. The van der Waals surface area contributed by atoms with Crippen LogP contribution in [0.25, 0.3) is 0 Å². The van der Waals surface area contributed by atoms with E-state index in [4.69, 9.17) is 0 Å². The van der Waals surface area contributed by atoms with Gasteiger partial charge in [-0.25, -0.2) is 0 Å². The quantitative estimate of drug-likeness (QED) is 0.0505. The van der Waals surface area contributed by atoms with Gasteiger partial charge in [0, 0.05) is 6.42 Å². The van der Waals surface area contributed by atoms with E-state index < -0.39 is 0 Å². The Bertz CT molecular complexity index is 516. The van der Waals surface area contributed by atoms with Crippen molar-refractivity contribution in [1.29, 1.82) is 0 Å². The van der Waals surface area contributed by atoms with Crippen LogP contribution in [-0.4, -0.2) is 13.1 Å². The highest BCUT2D eigenvalue weighted by atomic mass is 16.5. The molecule has 264 valence electrons. The predicted molar refractivity (Wildman–Crippen MR) is 198 cm³/mol. The summed E-state index contributed by atoms with van der Waals surface area (Å²) < 4.78 is 4.69. The molecule has 0 N–H and O–H groups in total. The van der Waals surface area contributed by atoms with Crippen molar-refractivity contribution < 1.29 is 9.53 Å². The second kappa shape index (κ2) is 40.5. The smallest absolute Gasteiger partial charge is 0.305 e. The molecule has 0 unspecified atom stereocenters. The molecule has 0 fully saturated rings. The number of esters is 1. The van der Waals surface area contributed by atoms with Gasteiger partial charge in [0.1, 0.15) is 0 Å². The summed E-state index contributed by atoms with van der Waals surface area (Å²) >= 11 is 0. The molecule has 0 saturated heterocycles. The van der Waals surface area contributed by atoms with Crippen molar-refractivity contribution in [2.75, 3.05) is 7.11 Å². The van der Waals surface area contributed by atoms with Crippen molar-refractivity contribution in [3.63, 3.8) is 0 Å². The third kappa shape index (κ3) is 39.5. The number of carbonyl (C=O) groups is 1. The maximum atomic E-state index is 11.1. The molecular formula is C42H84O2. The number of carbonyl (C=O) groups excluding carboxylic acids is 1. The Hall–Kier alpha value is -0.530. The molecule has 0 bridgehead atoms. The van der Waals surface area contributed by atoms with Gasteiger partial charge in [-0.05, 0) is 6.42 Å². The van der Waals surface area contributed by atoms with Crippen molar-refractivity contribution in [2.24, 2.45) is 0 Å². The predicted octanol–water partition coefficient (Wildman–Crippen LogP) is 15.4. The maximum absolute atomic E-state index is 11.1. The lowest BCUT2D eigenvalue weighted by Crippen LogP contribution is -1.99. The highest BCUT2D eigenvalue weighted by molar-refractivity contribution is 5.68. The maximum Gasteiger partial charge on any atom is 0.305 e. The number of methoxy groups -OCH3 is 1. The lowest BCUT2D eigenvalue weighted by Gasteiger charge is -2.05. The fraction of sp³-hybridized carbons (Fsp3) is 0.976. The Kier molecular flexibility index (Phi) is 40.0. The first kappa shape index (κ1) is 43.5. The van der Waals surface area contributed by atoms with Crippen LogP contribution in [-0.2, 0) is 9.53 Å². The van der Waals surface area contributed by atoms with Crippen LogP contribution in [0.3, 0.4) is 0 Å². The van der Waals surface area contributed by atoms with E-state index in [0.717, 1.165) is 6.42 Å². The van der Waals surface area contributed by atoms with Crippen LogP contribution in [0.1, 0.15) is 257 Å². The monoisotopic (exact) mass is 621 g/mol. The summed E-state index contributed by atoms with van der Waals surface area (Å²) in [6.45, 7) is 2.31. The van der Waals surface area contributed by atoms with Gasteiger partial charge in [-0.2, -0.15) is 0 Å². The Morgan fingerprint density at radius 2 is 0.455 bits per heavy atom. The first-order valence-corrected chi connectivity index (χ1v) is 20.9. The van der Waals surface area contributed by atoms with Crippen molar-refractivity contribution in [2.45, 2.75) is 257 Å².